The van der Waals surface area contributed by atoms with Crippen LogP contribution in [0.15, 0.2) is 66.7 Å². The average Bonchev–Trinajstić information content (AvgIpc) is 3.52. The van der Waals surface area contributed by atoms with Crippen LogP contribution in [0.3, 0.4) is 0 Å². The number of rotatable bonds is 8. The number of halogens is 2. The van der Waals surface area contributed by atoms with Crippen molar-refractivity contribution in [3.63, 3.8) is 0 Å². The van der Waals surface area contributed by atoms with Gasteiger partial charge in [-0.15, -0.1) is 0 Å². The molecule has 9 heteroatoms. The number of hydrogen-bond donors (Lipinski definition) is 1. The van der Waals surface area contributed by atoms with E-state index in [1.807, 2.05) is 47.4 Å². The first-order valence-corrected chi connectivity index (χ1v) is 15.0. The zero-order valence-electron chi connectivity index (χ0n) is 24.2. The molecule has 3 aromatic rings. The lowest BCUT2D eigenvalue weighted by Crippen LogP contribution is -2.57. The van der Waals surface area contributed by atoms with Gasteiger partial charge in [0.25, 0.3) is 5.91 Å². The number of primary amides is 1. The number of amides is 2. The van der Waals surface area contributed by atoms with Crippen LogP contribution in [0.5, 0.6) is 11.5 Å². The third-order valence-corrected chi connectivity index (χ3v) is 10.0. The number of carbonyl (C=O) groups is 2. The van der Waals surface area contributed by atoms with Gasteiger partial charge in [0, 0.05) is 31.6 Å². The Morgan fingerprint density at radius 2 is 1.71 bits per heavy atom. The van der Waals surface area contributed by atoms with Crippen molar-refractivity contribution in [3.05, 3.63) is 93.5 Å². The lowest BCUT2D eigenvalue weighted by molar-refractivity contribution is -0.126. The summed E-state index contributed by atoms with van der Waals surface area (Å²) >= 11 is 12.7. The Labute approximate surface area is 257 Å². The summed E-state index contributed by atoms with van der Waals surface area (Å²) in [5.74, 6) is 0.760. The van der Waals surface area contributed by atoms with Crippen molar-refractivity contribution in [2.45, 2.75) is 37.1 Å². The third kappa shape index (κ3) is 5.58. The Hall–Kier alpha value is -3.26. The highest BCUT2D eigenvalue weighted by molar-refractivity contribution is 6.42. The molecule has 0 bridgehead atoms. The standard InChI is InChI=1S/C33H37Cl2N3O4/c1-21(23-13-15-38(19-23)31(39)26-18-25(41-2)10-12-30(26)42-3)37-16-14-33(32(36)40,24-7-5-4-6-8-24)27(20-37)22-9-11-28(34)29(35)17-22/h4-12,17-18,21,23,27H,13-16,19-20H2,1-3H3,(H2,36,40). The first-order valence-electron chi connectivity index (χ1n) is 14.2. The number of benzene rings is 3. The van der Waals surface area contributed by atoms with Crippen LogP contribution in [-0.4, -0.2) is 68.1 Å². The van der Waals surface area contributed by atoms with Crippen LogP contribution in [-0.2, 0) is 10.2 Å². The molecule has 222 valence electrons. The van der Waals surface area contributed by atoms with E-state index in [1.165, 1.54) is 0 Å². The van der Waals surface area contributed by atoms with E-state index in [4.69, 9.17) is 38.4 Å². The topological polar surface area (TPSA) is 85.1 Å². The van der Waals surface area contributed by atoms with Crippen LogP contribution in [0, 0.1) is 5.92 Å². The second-order valence-corrected chi connectivity index (χ2v) is 12.1. The Kier molecular flexibility index (Phi) is 9.02. The number of methoxy groups -OCH3 is 2. The number of nitrogens with two attached hydrogens (primary N) is 1. The predicted molar refractivity (Wildman–Crippen MR) is 166 cm³/mol. The number of piperidine rings is 1. The number of hydrogen-bond acceptors (Lipinski definition) is 5. The van der Waals surface area contributed by atoms with Gasteiger partial charge in [0.05, 0.1) is 35.2 Å². The third-order valence-electron chi connectivity index (χ3n) is 9.29. The van der Waals surface area contributed by atoms with Crippen LogP contribution in [0.2, 0.25) is 10.0 Å². The van der Waals surface area contributed by atoms with Crippen LogP contribution < -0.4 is 15.2 Å². The molecule has 0 radical (unpaired) electrons. The van der Waals surface area contributed by atoms with Gasteiger partial charge in [0.15, 0.2) is 0 Å². The Morgan fingerprint density at radius 3 is 2.38 bits per heavy atom. The second kappa shape index (κ2) is 12.5. The monoisotopic (exact) mass is 609 g/mol. The van der Waals surface area contributed by atoms with Crippen LogP contribution in [0.4, 0.5) is 0 Å². The summed E-state index contributed by atoms with van der Waals surface area (Å²) in [6, 6.07) is 20.9. The molecular weight excluding hydrogens is 573 g/mol. The van der Waals surface area contributed by atoms with Crippen LogP contribution in [0.25, 0.3) is 0 Å². The van der Waals surface area contributed by atoms with E-state index in [9.17, 15) is 9.59 Å². The van der Waals surface area contributed by atoms with E-state index < -0.39 is 5.41 Å². The van der Waals surface area contributed by atoms with E-state index in [2.05, 4.69) is 11.8 Å². The molecule has 2 aliphatic rings. The van der Waals surface area contributed by atoms with Crippen molar-refractivity contribution in [1.29, 1.82) is 0 Å². The molecule has 2 N–H and O–H groups in total. The number of carbonyl (C=O) groups excluding carboxylic acids is 2. The average molecular weight is 611 g/mol. The molecule has 0 saturated carbocycles. The van der Waals surface area contributed by atoms with Crippen molar-refractivity contribution in [1.82, 2.24) is 9.80 Å². The number of nitrogens with zero attached hydrogens (tertiary/aromatic N) is 2. The second-order valence-electron chi connectivity index (χ2n) is 11.3. The summed E-state index contributed by atoms with van der Waals surface area (Å²) in [6.45, 7) is 4.83. The van der Waals surface area contributed by atoms with Crippen LogP contribution >= 0.6 is 23.2 Å². The highest BCUT2D eigenvalue weighted by atomic mass is 35.5. The molecule has 42 heavy (non-hydrogen) atoms. The van der Waals surface area contributed by atoms with Crippen molar-refractivity contribution >= 4 is 35.0 Å². The van der Waals surface area contributed by atoms with Gasteiger partial charge in [0.1, 0.15) is 11.5 Å². The molecule has 7 nitrogen and oxygen atoms in total. The number of ether oxygens (including phenoxy) is 2. The first kappa shape index (κ1) is 30.2. The summed E-state index contributed by atoms with van der Waals surface area (Å²) in [5, 5.41) is 0.915. The molecular formula is C33H37Cl2N3O4. The molecule has 4 atom stereocenters. The van der Waals surface area contributed by atoms with Gasteiger partial charge < -0.3 is 20.1 Å². The van der Waals surface area contributed by atoms with Crippen molar-refractivity contribution in [2.75, 3.05) is 40.4 Å². The molecule has 0 spiro atoms. The summed E-state index contributed by atoms with van der Waals surface area (Å²) in [6.07, 6.45) is 1.45. The van der Waals surface area contributed by atoms with Gasteiger partial charge in [-0.25, -0.2) is 0 Å². The van der Waals surface area contributed by atoms with Crippen molar-refractivity contribution < 1.29 is 19.1 Å². The van der Waals surface area contributed by atoms with Crippen molar-refractivity contribution in [2.24, 2.45) is 11.7 Å². The maximum Gasteiger partial charge on any atom is 0.257 e. The molecule has 4 unspecified atom stereocenters. The zero-order valence-corrected chi connectivity index (χ0v) is 25.7. The van der Waals surface area contributed by atoms with E-state index >= 15 is 0 Å². The summed E-state index contributed by atoms with van der Waals surface area (Å²) in [5.41, 5.74) is 7.68. The smallest absolute Gasteiger partial charge is 0.257 e. The molecule has 5 rings (SSSR count). The molecule has 2 heterocycles. The minimum absolute atomic E-state index is 0.0652. The molecule has 2 aliphatic heterocycles. The zero-order chi connectivity index (χ0) is 30.0. The molecule has 2 saturated heterocycles. The van der Waals surface area contributed by atoms with E-state index in [0.717, 1.165) is 17.5 Å². The SMILES string of the molecule is COc1ccc(OC)c(C(=O)N2CCC(C(C)N3CCC(C(N)=O)(c4ccccc4)C(c4ccc(Cl)c(Cl)c4)C3)C2)c1. The molecule has 0 aliphatic carbocycles. The highest BCUT2D eigenvalue weighted by Crippen LogP contribution is 2.47. The highest BCUT2D eigenvalue weighted by Gasteiger charge is 2.51. The Bertz CT molecular complexity index is 1450. The lowest BCUT2D eigenvalue weighted by Gasteiger charge is -2.49. The molecule has 0 aromatic heterocycles. The lowest BCUT2D eigenvalue weighted by atomic mass is 9.62. The summed E-state index contributed by atoms with van der Waals surface area (Å²) < 4.78 is 10.8. The van der Waals surface area contributed by atoms with Gasteiger partial charge in [-0.1, -0.05) is 59.6 Å². The maximum atomic E-state index is 13.6. The van der Waals surface area contributed by atoms with E-state index in [1.54, 1.807) is 38.5 Å². The van der Waals surface area contributed by atoms with Crippen LogP contribution in [0.1, 0.15) is 47.2 Å². The Balaban J connectivity index is 1.40. The summed E-state index contributed by atoms with van der Waals surface area (Å²) in [7, 11) is 3.15. The van der Waals surface area contributed by atoms with Gasteiger partial charge in [-0.2, -0.15) is 0 Å². The Morgan fingerprint density at radius 1 is 0.952 bits per heavy atom. The quantitative estimate of drug-likeness (QED) is 0.350. The van der Waals surface area contributed by atoms with Gasteiger partial charge >= 0.3 is 0 Å². The number of likely N-dealkylation sites (tertiary alicyclic amines) is 2. The van der Waals surface area contributed by atoms with Crippen molar-refractivity contribution in [3.8, 4) is 11.5 Å². The van der Waals surface area contributed by atoms with E-state index in [0.29, 0.717) is 59.7 Å². The van der Waals surface area contributed by atoms with Gasteiger partial charge in [0.2, 0.25) is 5.91 Å². The van der Waals surface area contributed by atoms with Gasteiger partial charge in [-0.05, 0) is 73.7 Å². The maximum absolute atomic E-state index is 13.6. The molecule has 3 aromatic carbocycles. The normalized spacial score (nSPS) is 23.4. The van der Waals surface area contributed by atoms with Gasteiger partial charge in [-0.3, -0.25) is 14.5 Å². The van der Waals surface area contributed by atoms with E-state index in [-0.39, 0.29) is 29.7 Å². The minimum Gasteiger partial charge on any atom is -0.497 e. The molecule has 2 fully saturated rings. The molecule has 2 amide bonds. The fourth-order valence-corrected chi connectivity index (χ4v) is 7.10. The summed E-state index contributed by atoms with van der Waals surface area (Å²) in [4.78, 5) is 31.3. The predicted octanol–water partition coefficient (Wildman–Crippen LogP) is 5.77. The minimum atomic E-state index is -0.894. The fraction of sp³-hybridized carbons (Fsp3) is 0.394. The fourth-order valence-electron chi connectivity index (χ4n) is 6.80. The first-order chi connectivity index (χ1) is 20.2. The largest absolute Gasteiger partial charge is 0.497 e.